The highest BCUT2D eigenvalue weighted by Gasteiger charge is 2.32. The summed E-state index contributed by atoms with van der Waals surface area (Å²) in [7, 11) is 1.49. The summed E-state index contributed by atoms with van der Waals surface area (Å²) in [6.07, 6.45) is 3.22. The van der Waals surface area contributed by atoms with E-state index in [1.54, 1.807) is 42.5 Å². The Kier molecular flexibility index (Phi) is 5.53. The zero-order valence-electron chi connectivity index (χ0n) is 14.1. The van der Waals surface area contributed by atoms with Crippen LogP contribution < -0.4 is 14.9 Å². The molecule has 0 radical (unpaired) electrons. The number of nitrogens with one attached hydrogen (secondary N) is 1. The van der Waals surface area contributed by atoms with Gasteiger partial charge in [-0.3, -0.25) is 9.59 Å². The number of rotatable bonds is 6. The van der Waals surface area contributed by atoms with Crippen LogP contribution in [0.15, 0.2) is 47.6 Å². The summed E-state index contributed by atoms with van der Waals surface area (Å²) in [4.78, 5) is 23.7. The first kappa shape index (κ1) is 17.9. The van der Waals surface area contributed by atoms with Crippen LogP contribution in [0.1, 0.15) is 28.8 Å². The van der Waals surface area contributed by atoms with Crippen molar-refractivity contribution >= 4 is 29.7 Å². The zero-order chi connectivity index (χ0) is 18.5. The van der Waals surface area contributed by atoms with Gasteiger partial charge in [0.2, 0.25) is 0 Å². The lowest BCUT2D eigenvalue weighted by Gasteiger charge is -2.09. The van der Waals surface area contributed by atoms with Crippen molar-refractivity contribution in [1.29, 1.82) is 0 Å². The van der Waals surface area contributed by atoms with Crippen molar-refractivity contribution in [3.05, 3.63) is 58.6 Å². The molecule has 0 atom stereocenters. The quantitative estimate of drug-likeness (QED) is 0.365. The molecule has 1 aliphatic carbocycles. The fourth-order valence-electron chi connectivity index (χ4n) is 2.19. The van der Waals surface area contributed by atoms with Gasteiger partial charge in [0, 0.05) is 10.6 Å². The van der Waals surface area contributed by atoms with E-state index < -0.39 is 0 Å². The minimum absolute atomic E-state index is 0.00373. The SMILES string of the molecule is COc1cc(/C=N\NC(=O)c2ccc(Cl)cc2)ccc1OC(=O)C1CC1. The molecule has 2 aromatic rings. The second-order valence-electron chi connectivity index (χ2n) is 5.81. The van der Waals surface area contributed by atoms with E-state index in [0.29, 0.717) is 27.6 Å². The smallest absolute Gasteiger partial charge is 0.314 e. The van der Waals surface area contributed by atoms with Crippen molar-refractivity contribution in [2.75, 3.05) is 7.11 Å². The van der Waals surface area contributed by atoms with Gasteiger partial charge in [-0.25, -0.2) is 5.43 Å². The van der Waals surface area contributed by atoms with Gasteiger partial charge < -0.3 is 9.47 Å². The van der Waals surface area contributed by atoms with Gasteiger partial charge in [-0.15, -0.1) is 0 Å². The molecule has 0 heterocycles. The lowest BCUT2D eigenvalue weighted by Crippen LogP contribution is -2.17. The molecule has 0 bridgehead atoms. The third-order valence-corrected chi connectivity index (χ3v) is 4.05. The summed E-state index contributed by atoms with van der Waals surface area (Å²) >= 11 is 5.79. The highest BCUT2D eigenvalue weighted by Crippen LogP contribution is 2.34. The third kappa shape index (κ3) is 4.61. The topological polar surface area (TPSA) is 77.0 Å². The highest BCUT2D eigenvalue weighted by molar-refractivity contribution is 6.30. The van der Waals surface area contributed by atoms with Gasteiger partial charge in [0.05, 0.1) is 19.2 Å². The zero-order valence-corrected chi connectivity index (χ0v) is 14.8. The van der Waals surface area contributed by atoms with Crippen molar-refractivity contribution in [3.63, 3.8) is 0 Å². The summed E-state index contributed by atoms with van der Waals surface area (Å²) in [5.74, 6) is 0.211. The second-order valence-corrected chi connectivity index (χ2v) is 6.25. The van der Waals surface area contributed by atoms with Gasteiger partial charge in [0.15, 0.2) is 11.5 Å². The second kappa shape index (κ2) is 8.01. The van der Waals surface area contributed by atoms with Crippen LogP contribution in [0.4, 0.5) is 0 Å². The van der Waals surface area contributed by atoms with Crippen molar-refractivity contribution in [3.8, 4) is 11.5 Å². The Bertz CT molecular complexity index is 845. The fourth-order valence-corrected chi connectivity index (χ4v) is 2.32. The molecule has 0 saturated heterocycles. The highest BCUT2D eigenvalue weighted by atomic mass is 35.5. The van der Waals surface area contributed by atoms with E-state index in [4.69, 9.17) is 21.1 Å². The monoisotopic (exact) mass is 372 g/mol. The molecular formula is C19H17ClN2O4. The molecule has 1 N–H and O–H groups in total. The number of hydrogen-bond acceptors (Lipinski definition) is 5. The normalized spacial score (nSPS) is 13.5. The number of amides is 1. The minimum Gasteiger partial charge on any atom is -0.493 e. The third-order valence-electron chi connectivity index (χ3n) is 3.80. The Balaban J connectivity index is 1.63. The van der Waals surface area contributed by atoms with E-state index in [-0.39, 0.29) is 17.8 Å². The Labute approximate surface area is 155 Å². The number of esters is 1. The predicted octanol–water partition coefficient (Wildman–Crippen LogP) is 3.43. The molecule has 1 saturated carbocycles. The summed E-state index contributed by atoms with van der Waals surface area (Å²) in [5.41, 5.74) is 3.57. The van der Waals surface area contributed by atoms with Crippen LogP contribution in [0, 0.1) is 5.92 Å². The van der Waals surface area contributed by atoms with E-state index in [1.807, 2.05) is 0 Å². The number of carbonyl (C=O) groups excluding carboxylic acids is 2. The average molecular weight is 373 g/mol. The lowest BCUT2D eigenvalue weighted by atomic mass is 10.2. The predicted molar refractivity (Wildman–Crippen MR) is 97.9 cm³/mol. The molecule has 0 spiro atoms. The number of carbonyl (C=O) groups is 2. The number of hydrazone groups is 1. The van der Waals surface area contributed by atoms with Crippen LogP contribution in [0.2, 0.25) is 5.02 Å². The molecule has 134 valence electrons. The maximum atomic E-state index is 12.0. The number of halogens is 1. The van der Waals surface area contributed by atoms with Gasteiger partial charge in [0.25, 0.3) is 5.91 Å². The summed E-state index contributed by atoms with van der Waals surface area (Å²) in [5, 5.41) is 4.48. The Morgan fingerprint density at radius 1 is 1.15 bits per heavy atom. The number of nitrogens with zero attached hydrogens (tertiary/aromatic N) is 1. The molecule has 3 rings (SSSR count). The van der Waals surface area contributed by atoms with Gasteiger partial charge in [0.1, 0.15) is 0 Å². The van der Waals surface area contributed by atoms with Crippen molar-refractivity contribution in [2.24, 2.45) is 11.0 Å². The molecule has 7 heteroatoms. The number of ether oxygens (including phenoxy) is 2. The van der Waals surface area contributed by atoms with E-state index in [0.717, 1.165) is 12.8 Å². The first-order valence-corrected chi connectivity index (χ1v) is 8.43. The van der Waals surface area contributed by atoms with E-state index >= 15 is 0 Å². The molecule has 1 amide bonds. The maximum absolute atomic E-state index is 12.0. The number of methoxy groups -OCH3 is 1. The van der Waals surface area contributed by atoms with Crippen LogP contribution in [0.3, 0.4) is 0 Å². The molecule has 1 fully saturated rings. The van der Waals surface area contributed by atoms with Crippen LogP contribution in [0.5, 0.6) is 11.5 Å². The Morgan fingerprint density at radius 3 is 2.54 bits per heavy atom. The standard InChI is InChI=1S/C19H17ClN2O4/c1-25-17-10-12(2-9-16(17)26-19(24)14-3-4-14)11-21-22-18(23)13-5-7-15(20)8-6-13/h2,5-11,14H,3-4H2,1H3,(H,22,23)/b21-11-. The first-order chi connectivity index (χ1) is 12.6. The number of hydrogen-bond donors (Lipinski definition) is 1. The fraction of sp³-hybridized carbons (Fsp3) is 0.211. The minimum atomic E-state index is -0.347. The molecule has 2 aromatic carbocycles. The summed E-state index contributed by atoms with van der Waals surface area (Å²) in [6.45, 7) is 0. The van der Waals surface area contributed by atoms with Crippen LogP contribution in [-0.4, -0.2) is 25.2 Å². The van der Waals surface area contributed by atoms with E-state index in [2.05, 4.69) is 10.5 Å². The summed E-state index contributed by atoms with van der Waals surface area (Å²) < 4.78 is 10.6. The molecular weight excluding hydrogens is 356 g/mol. The first-order valence-electron chi connectivity index (χ1n) is 8.05. The van der Waals surface area contributed by atoms with Gasteiger partial charge in [-0.2, -0.15) is 5.10 Å². The molecule has 0 aromatic heterocycles. The largest absolute Gasteiger partial charge is 0.493 e. The van der Waals surface area contributed by atoms with Gasteiger partial charge in [-0.05, 0) is 60.9 Å². The van der Waals surface area contributed by atoms with Crippen LogP contribution >= 0.6 is 11.6 Å². The Hall–Kier alpha value is -2.86. The molecule has 0 unspecified atom stereocenters. The van der Waals surface area contributed by atoms with Crippen LogP contribution in [-0.2, 0) is 4.79 Å². The summed E-state index contributed by atoms with van der Waals surface area (Å²) in [6, 6.07) is 11.5. The maximum Gasteiger partial charge on any atom is 0.314 e. The molecule has 1 aliphatic rings. The van der Waals surface area contributed by atoms with E-state index in [1.165, 1.54) is 13.3 Å². The van der Waals surface area contributed by atoms with Crippen molar-refractivity contribution in [2.45, 2.75) is 12.8 Å². The van der Waals surface area contributed by atoms with Crippen molar-refractivity contribution < 1.29 is 19.1 Å². The number of benzene rings is 2. The molecule has 6 nitrogen and oxygen atoms in total. The van der Waals surface area contributed by atoms with Gasteiger partial charge in [-0.1, -0.05) is 11.6 Å². The Morgan fingerprint density at radius 2 is 1.88 bits per heavy atom. The van der Waals surface area contributed by atoms with Crippen molar-refractivity contribution in [1.82, 2.24) is 5.43 Å². The average Bonchev–Trinajstić information content (AvgIpc) is 3.48. The van der Waals surface area contributed by atoms with E-state index in [9.17, 15) is 9.59 Å². The van der Waals surface area contributed by atoms with Gasteiger partial charge >= 0.3 is 5.97 Å². The lowest BCUT2D eigenvalue weighted by molar-refractivity contribution is -0.135. The molecule has 0 aliphatic heterocycles. The molecule has 26 heavy (non-hydrogen) atoms. The van der Waals surface area contributed by atoms with Crippen LogP contribution in [0.25, 0.3) is 0 Å².